The largest absolute Gasteiger partial charge is 0.481 e. The highest BCUT2D eigenvalue weighted by Gasteiger charge is 2.25. The Bertz CT molecular complexity index is 489. The second-order valence-corrected chi connectivity index (χ2v) is 5.81. The number of nitrogens with one attached hydrogen (secondary N) is 1. The maximum absolute atomic E-state index is 12.3. The fraction of sp³-hybridized carbons (Fsp3) is 0.600. The molecule has 20 heavy (non-hydrogen) atoms. The second kappa shape index (κ2) is 6.11. The van der Waals surface area contributed by atoms with Crippen molar-refractivity contribution in [2.24, 2.45) is 5.92 Å². The molecule has 1 aromatic rings. The molecule has 0 bridgehead atoms. The third-order valence-electron chi connectivity index (χ3n) is 4.00. The monoisotopic (exact) mass is 278 g/mol. The van der Waals surface area contributed by atoms with Crippen LogP contribution >= 0.6 is 0 Å². The summed E-state index contributed by atoms with van der Waals surface area (Å²) < 4.78 is 2.01. The molecule has 5 heteroatoms. The average Bonchev–Trinajstić information content (AvgIpc) is 2.73. The Morgan fingerprint density at radius 2 is 2.15 bits per heavy atom. The molecular weight excluding hydrogens is 256 g/mol. The predicted molar refractivity (Wildman–Crippen MR) is 75.7 cm³/mol. The number of amides is 1. The van der Waals surface area contributed by atoms with Gasteiger partial charge in [-0.25, -0.2) is 0 Å². The average molecular weight is 278 g/mol. The standard InChI is InChI=1S/C15H22N2O3/c1-10(2)12(9-14(18)19)16-15(20)13-7-4-8-17(13)11-5-3-6-11/h4,7-8,10-12H,3,5-6,9H2,1-2H3,(H,16,20)(H,18,19). The third kappa shape index (κ3) is 3.21. The van der Waals surface area contributed by atoms with E-state index < -0.39 is 5.97 Å². The summed E-state index contributed by atoms with van der Waals surface area (Å²) in [6.45, 7) is 3.83. The SMILES string of the molecule is CC(C)C(CC(=O)O)NC(=O)c1cccn1C1CCC1. The van der Waals surface area contributed by atoms with Crippen LogP contribution in [-0.2, 0) is 4.79 Å². The van der Waals surface area contributed by atoms with Crippen LogP contribution in [0.3, 0.4) is 0 Å². The normalized spacial score (nSPS) is 16.8. The number of carbonyl (C=O) groups excluding carboxylic acids is 1. The molecule has 2 rings (SSSR count). The molecule has 1 atom stereocenters. The molecule has 1 saturated carbocycles. The van der Waals surface area contributed by atoms with Crippen molar-refractivity contribution in [1.29, 1.82) is 0 Å². The molecule has 0 aliphatic heterocycles. The Labute approximate surface area is 119 Å². The van der Waals surface area contributed by atoms with Crippen LogP contribution in [0.2, 0.25) is 0 Å². The number of aliphatic carboxylic acids is 1. The minimum Gasteiger partial charge on any atom is -0.481 e. The zero-order chi connectivity index (χ0) is 14.7. The summed E-state index contributed by atoms with van der Waals surface area (Å²) in [5, 5.41) is 11.8. The minimum atomic E-state index is -0.890. The van der Waals surface area contributed by atoms with Crippen molar-refractivity contribution in [3.63, 3.8) is 0 Å². The Kier molecular flexibility index (Phi) is 4.47. The molecule has 1 aromatic heterocycles. The van der Waals surface area contributed by atoms with Gasteiger partial charge in [-0.05, 0) is 37.3 Å². The van der Waals surface area contributed by atoms with Crippen LogP contribution in [0, 0.1) is 5.92 Å². The predicted octanol–water partition coefficient (Wildman–Crippen LogP) is 2.44. The van der Waals surface area contributed by atoms with E-state index in [2.05, 4.69) is 5.32 Å². The third-order valence-corrected chi connectivity index (χ3v) is 4.00. The van der Waals surface area contributed by atoms with Gasteiger partial charge in [0.05, 0.1) is 6.42 Å². The lowest BCUT2D eigenvalue weighted by Crippen LogP contribution is -2.41. The summed E-state index contributed by atoms with van der Waals surface area (Å²) in [5.41, 5.74) is 0.630. The highest BCUT2D eigenvalue weighted by Crippen LogP contribution is 2.32. The number of nitrogens with zero attached hydrogens (tertiary/aromatic N) is 1. The van der Waals surface area contributed by atoms with Crippen molar-refractivity contribution in [2.45, 2.75) is 51.6 Å². The Morgan fingerprint density at radius 3 is 2.65 bits per heavy atom. The van der Waals surface area contributed by atoms with Crippen LogP contribution in [0.1, 0.15) is 56.1 Å². The first-order valence-corrected chi connectivity index (χ1v) is 7.18. The molecule has 2 N–H and O–H groups in total. The molecule has 1 aliphatic carbocycles. The summed E-state index contributed by atoms with van der Waals surface area (Å²) in [5.74, 6) is -0.984. The molecule has 1 unspecified atom stereocenters. The van der Waals surface area contributed by atoms with Crippen LogP contribution in [0.15, 0.2) is 18.3 Å². The summed E-state index contributed by atoms with van der Waals surface area (Å²) in [6.07, 6.45) is 5.31. The van der Waals surface area contributed by atoms with Crippen molar-refractivity contribution in [3.8, 4) is 0 Å². The molecular formula is C15H22N2O3. The summed E-state index contributed by atoms with van der Waals surface area (Å²) in [7, 11) is 0. The minimum absolute atomic E-state index is 0.0481. The lowest BCUT2D eigenvalue weighted by Gasteiger charge is -2.29. The van der Waals surface area contributed by atoms with Gasteiger partial charge < -0.3 is 15.0 Å². The molecule has 1 aliphatic rings. The molecule has 0 spiro atoms. The number of aromatic nitrogens is 1. The van der Waals surface area contributed by atoms with E-state index in [1.807, 2.05) is 30.7 Å². The van der Waals surface area contributed by atoms with Crippen LogP contribution in [0.25, 0.3) is 0 Å². The van der Waals surface area contributed by atoms with E-state index in [-0.39, 0.29) is 24.3 Å². The van der Waals surface area contributed by atoms with Gasteiger partial charge in [-0.2, -0.15) is 0 Å². The zero-order valence-electron chi connectivity index (χ0n) is 12.0. The van der Waals surface area contributed by atoms with E-state index >= 15 is 0 Å². The second-order valence-electron chi connectivity index (χ2n) is 5.81. The number of rotatable bonds is 6. The maximum atomic E-state index is 12.3. The Balaban J connectivity index is 2.06. The van der Waals surface area contributed by atoms with Crippen LogP contribution < -0.4 is 5.32 Å². The van der Waals surface area contributed by atoms with Gasteiger partial charge in [0.25, 0.3) is 5.91 Å². The lowest BCUT2D eigenvalue weighted by atomic mass is 9.92. The van der Waals surface area contributed by atoms with Crippen molar-refractivity contribution < 1.29 is 14.7 Å². The highest BCUT2D eigenvalue weighted by molar-refractivity contribution is 5.93. The fourth-order valence-corrected chi connectivity index (χ4v) is 2.45. The molecule has 0 saturated heterocycles. The van der Waals surface area contributed by atoms with E-state index in [1.165, 1.54) is 6.42 Å². The van der Waals surface area contributed by atoms with E-state index in [1.54, 1.807) is 6.07 Å². The number of carboxylic acids is 1. The van der Waals surface area contributed by atoms with Gasteiger partial charge in [0.15, 0.2) is 0 Å². The van der Waals surface area contributed by atoms with Crippen molar-refractivity contribution >= 4 is 11.9 Å². The number of carbonyl (C=O) groups is 2. The van der Waals surface area contributed by atoms with E-state index in [0.29, 0.717) is 11.7 Å². The van der Waals surface area contributed by atoms with Crippen LogP contribution in [-0.4, -0.2) is 27.6 Å². The van der Waals surface area contributed by atoms with E-state index in [0.717, 1.165) is 12.8 Å². The van der Waals surface area contributed by atoms with Gasteiger partial charge in [-0.1, -0.05) is 13.8 Å². The van der Waals surface area contributed by atoms with Crippen LogP contribution in [0.5, 0.6) is 0 Å². The van der Waals surface area contributed by atoms with Gasteiger partial charge in [-0.3, -0.25) is 9.59 Å². The highest BCUT2D eigenvalue weighted by atomic mass is 16.4. The van der Waals surface area contributed by atoms with Gasteiger partial charge in [0.2, 0.25) is 0 Å². The smallest absolute Gasteiger partial charge is 0.305 e. The first-order chi connectivity index (χ1) is 9.49. The molecule has 110 valence electrons. The van der Waals surface area contributed by atoms with Gasteiger partial charge in [-0.15, -0.1) is 0 Å². The van der Waals surface area contributed by atoms with Gasteiger partial charge in [0, 0.05) is 18.3 Å². The Morgan fingerprint density at radius 1 is 1.45 bits per heavy atom. The molecule has 0 radical (unpaired) electrons. The van der Waals surface area contributed by atoms with Crippen molar-refractivity contribution in [3.05, 3.63) is 24.0 Å². The first kappa shape index (κ1) is 14.6. The topological polar surface area (TPSA) is 71.3 Å². The molecule has 5 nitrogen and oxygen atoms in total. The van der Waals surface area contributed by atoms with E-state index in [4.69, 9.17) is 5.11 Å². The number of hydrogen-bond donors (Lipinski definition) is 2. The maximum Gasteiger partial charge on any atom is 0.305 e. The molecule has 1 heterocycles. The quantitative estimate of drug-likeness (QED) is 0.839. The van der Waals surface area contributed by atoms with Crippen molar-refractivity contribution in [2.75, 3.05) is 0 Å². The van der Waals surface area contributed by atoms with Gasteiger partial charge in [0.1, 0.15) is 5.69 Å². The molecule has 0 aromatic carbocycles. The molecule has 1 amide bonds. The summed E-state index contributed by atoms with van der Waals surface area (Å²) in [6, 6.07) is 3.74. The van der Waals surface area contributed by atoms with Gasteiger partial charge >= 0.3 is 5.97 Å². The van der Waals surface area contributed by atoms with E-state index in [9.17, 15) is 9.59 Å². The number of hydrogen-bond acceptors (Lipinski definition) is 2. The lowest BCUT2D eigenvalue weighted by molar-refractivity contribution is -0.137. The summed E-state index contributed by atoms with van der Waals surface area (Å²) >= 11 is 0. The van der Waals surface area contributed by atoms with Crippen LogP contribution in [0.4, 0.5) is 0 Å². The number of carboxylic acid groups (broad SMARTS) is 1. The first-order valence-electron chi connectivity index (χ1n) is 7.18. The summed E-state index contributed by atoms with van der Waals surface area (Å²) in [4.78, 5) is 23.2. The Hall–Kier alpha value is -1.78. The zero-order valence-corrected chi connectivity index (χ0v) is 12.0. The molecule has 1 fully saturated rings. The van der Waals surface area contributed by atoms with Crippen molar-refractivity contribution in [1.82, 2.24) is 9.88 Å². The fourth-order valence-electron chi connectivity index (χ4n) is 2.45.